The minimum Gasteiger partial charge on any atom is -0.383 e. The molecular formula is C14H18N2O2. The van der Waals surface area contributed by atoms with Crippen molar-refractivity contribution >= 4 is 0 Å². The fraction of sp³-hybridized carbons (Fsp3) is 0.357. The lowest BCUT2D eigenvalue weighted by Gasteiger charge is -2.17. The van der Waals surface area contributed by atoms with Crippen molar-refractivity contribution in [3.05, 3.63) is 53.4 Å². The van der Waals surface area contributed by atoms with Crippen LogP contribution < -0.4 is 5.32 Å². The fourth-order valence-corrected chi connectivity index (χ4v) is 1.85. The van der Waals surface area contributed by atoms with E-state index in [1.807, 2.05) is 31.2 Å². The van der Waals surface area contributed by atoms with Crippen LogP contribution in [0.5, 0.6) is 0 Å². The van der Waals surface area contributed by atoms with Crippen molar-refractivity contribution in [3.8, 4) is 0 Å². The Kier molecular flexibility index (Phi) is 4.50. The summed E-state index contributed by atoms with van der Waals surface area (Å²) in [7, 11) is 1.70. The summed E-state index contributed by atoms with van der Waals surface area (Å²) in [5.74, 6) is 0.838. The summed E-state index contributed by atoms with van der Waals surface area (Å²) in [4.78, 5) is 0. The van der Waals surface area contributed by atoms with Crippen LogP contribution in [0.1, 0.15) is 23.1 Å². The van der Waals surface area contributed by atoms with E-state index in [1.165, 1.54) is 5.56 Å². The molecule has 0 bridgehead atoms. The minimum absolute atomic E-state index is 0.154. The van der Waals surface area contributed by atoms with Gasteiger partial charge in [0.1, 0.15) is 0 Å². The van der Waals surface area contributed by atoms with Gasteiger partial charge in [-0.3, -0.25) is 0 Å². The second-order valence-electron chi connectivity index (χ2n) is 4.23. The van der Waals surface area contributed by atoms with E-state index in [1.54, 1.807) is 7.11 Å². The van der Waals surface area contributed by atoms with Gasteiger partial charge in [0.05, 0.1) is 24.9 Å². The molecule has 4 nitrogen and oxygen atoms in total. The number of aryl methyl sites for hydroxylation is 1. The molecule has 0 amide bonds. The molecule has 0 aliphatic rings. The molecule has 2 rings (SSSR count). The first-order valence-corrected chi connectivity index (χ1v) is 5.99. The van der Waals surface area contributed by atoms with Crippen LogP contribution in [0.15, 0.2) is 40.9 Å². The molecule has 1 heterocycles. The maximum Gasteiger partial charge on any atom is 0.150 e. The van der Waals surface area contributed by atoms with Crippen LogP contribution in [0.2, 0.25) is 0 Å². The van der Waals surface area contributed by atoms with Crippen molar-refractivity contribution < 1.29 is 9.26 Å². The molecule has 0 spiro atoms. The Bertz CT molecular complexity index is 468. The maximum absolute atomic E-state index is 5.24. The van der Waals surface area contributed by atoms with Crippen molar-refractivity contribution in [2.45, 2.75) is 19.5 Å². The quantitative estimate of drug-likeness (QED) is 0.850. The van der Waals surface area contributed by atoms with Crippen LogP contribution >= 0.6 is 0 Å². The van der Waals surface area contributed by atoms with E-state index in [0.717, 1.165) is 11.5 Å². The van der Waals surface area contributed by atoms with Crippen LogP contribution in [-0.4, -0.2) is 18.9 Å². The summed E-state index contributed by atoms with van der Waals surface area (Å²) >= 11 is 0. The van der Waals surface area contributed by atoms with Gasteiger partial charge >= 0.3 is 0 Å². The van der Waals surface area contributed by atoms with Crippen molar-refractivity contribution in [3.63, 3.8) is 0 Å². The Hall–Kier alpha value is -1.65. The zero-order valence-electron chi connectivity index (χ0n) is 10.7. The van der Waals surface area contributed by atoms with E-state index in [0.29, 0.717) is 13.2 Å². The normalized spacial score (nSPS) is 12.6. The van der Waals surface area contributed by atoms with E-state index >= 15 is 0 Å². The van der Waals surface area contributed by atoms with Crippen LogP contribution in [-0.2, 0) is 11.3 Å². The number of methoxy groups -OCH3 is 1. The number of hydrogen-bond acceptors (Lipinski definition) is 4. The molecule has 0 fully saturated rings. The summed E-state index contributed by atoms with van der Waals surface area (Å²) in [6, 6.07) is 12.3. The van der Waals surface area contributed by atoms with Gasteiger partial charge in [0.25, 0.3) is 0 Å². The van der Waals surface area contributed by atoms with Gasteiger partial charge in [-0.05, 0) is 12.5 Å². The Balaban J connectivity index is 1.98. The number of rotatable bonds is 6. The predicted molar refractivity (Wildman–Crippen MR) is 69.1 cm³/mol. The van der Waals surface area contributed by atoms with Crippen LogP contribution in [0, 0.1) is 6.92 Å². The molecule has 0 radical (unpaired) electrons. The topological polar surface area (TPSA) is 47.3 Å². The third-order valence-corrected chi connectivity index (χ3v) is 2.73. The lowest BCUT2D eigenvalue weighted by Crippen LogP contribution is -2.24. The molecule has 1 atom stereocenters. The van der Waals surface area contributed by atoms with E-state index in [-0.39, 0.29) is 6.04 Å². The number of ether oxygens (including phenoxy) is 1. The highest BCUT2D eigenvalue weighted by molar-refractivity contribution is 5.19. The lowest BCUT2D eigenvalue weighted by atomic mass is 10.1. The second-order valence-corrected chi connectivity index (χ2v) is 4.23. The Morgan fingerprint density at radius 3 is 2.72 bits per heavy atom. The molecule has 2 aromatic rings. The third kappa shape index (κ3) is 3.42. The van der Waals surface area contributed by atoms with E-state index < -0.39 is 0 Å². The van der Waals surface area contributed by atoms with Gasteiger partial charge in [-0.1, -0.05) is 35.5 Å². The number of nitrogens with zero attached hydrogens (tertiary/aromatic N) is 1. The molecule has 1 N–H and O–H groups in total. The average molecular weight is 246 g/mol. The van der Waals surface area contributed by atoms with E-state index in [2.05, 4.69) is 22.6 Å². The summed E-state index contributed by atoms with van der Waals surface area (Å²) in [5, 5.41) is 7.27. The lowest BCUT2D eigenvalue weighted by molar-refractivity contribution is 0.164. The van der Waals surface area contributed by atoms with Crippen molar-refractivity contribution in [1.29, 1.82) is 0 Å². The van der Waals surface area contributed by atoms with E-state index in [4.69, 9.17) is 9.26 Å². The molecule has 0 aliphatic carbocycles. The SMILES string of the molecule is COCC(NCc1cc(C)no1)c1ccccc1. The molecule has 18 heavy (non-hydrogen) atoms. The largest absolute Gasteiger partial charge is 0.383 e. The molecule has 0 saturated heterocycles. The van der Waals surface area contributed by atoms with Gasteiger partial charge in [0.2, 0.25) is 0 Å². The Morgan fingerprint density at radius 2 is 2.11 bits per heavy atom. The summed E-state index contributed by atoms with van der Waals surface area (Å²) in [6.07, 6.45) is 0. The zero-order chi connectivity index (χ0) is 12.8. The summed E-state index contributed by atoms with van der Waals surface area (Å²) in [6.45, 7) is 3.18. The van der Waals surface area contributed by atoms with Crippen molar-refractivity contribution in [2.24, 2.45) is 0 Å². The van der Waals surface area contributed by atoms with Crippen molar-refractivity contribution in [1.82, 2.24) is 10.5 Å². The van der Waals surface area contributed by atoms with Crippen molar-refractivity contribution in [2.75, 3.05) is 13.7 Å². The summed E-state index contributed by atoms with van der Waals surface area (Å²) < 4.78 is 10.4. The van der Waals surface area contributed by atoms with Gasteiger partial charge in [-0.15, -0.1) is 0 Å². The molecule has 0 aliphatic heterocycles. The van der Waals surface area contributed by atoms with Gasteiger partial charge in [0.15, 0.2) is 5.76 Å². The first-order chi connectivity index (χ1) is 8.79. The molecule has 1 unspecified atom stereocenters. The first-order valence-electron chi connectivity index (χ1n) is 5.99. The molecule has 4 heteroatoms. The molecule has 1 aromatic carbocycles. The predicted octanol–water partition coefficient (Wildman–Crippen LogP) is 2.46. The highest BCUT2D eigenvalue weighted by Gasteiger charge is 2.11. The van der Waals surface area contributed by atoms with Gasteiger partial charge < -0.3 is 14.6 Å². The number of benzene rings is 1. The standard InChI is InChI=1S/C14H18N2O2/c1-11-8-13(18-16-11)9-15-14(10-17-2)12-6-4-3-5-7-12/h3-8,14-15H,9-10H2,1-2H3. The van der Waals surface area contributed by atoms with Crippen LogP contribution in [0.3, 0.4) is 0 Å². The molecular weight excluding hydrogens is 228 g/mol. The number of nitrogens with one attached hydrogen (secondary N) is 1. The van der Waals surface area contributed by atoms with Crippen LogP contribution in [0.4, 0.5) is 0 Å². The molecule has 0 saturated carbocycles. The van der Waals surface area contributed by atoms with Gasteiger partial charge in [0, 0.05) is 13.2 Å². The molecule has 1 aromatic heterocycles. The zero-order valence-corrected chi connectivity index (χ0v) is 10.7. The fourth-order valence-electron chi connectivity index (χ4n) is 1.85. The first kappa shape index (κ1) is 12.8. The third-order valence-electron chi connectivity index (χ3n) is 2.73. The Morgan fingerprint density at radius 1 is 1.33 bits per heavy atom. The highest BCUT2D eigenvalue weighted by Crippen LogP contribution is 2.14. The minimum atomic E-state index is 0.154. The van der Waals surface area contributed by atoms with Crippen LogP contribution in [0.25, 0.3) is 0 Å². The highest BCUT2D eigenvalue weighted by atomic mass is 16.5. The van der Waals surface area contributed by atoms with E-state index in [9.17, 15) is 0 Å². The Labute approximate surface area is 107 Å². The summed E-state index contributed by atoms with van der Waals surface area (Å²) in [5.41, 5.74) is 2.10. The maximum atomic E-state index is 5.24. The average Bonchev–Trinajstić information content (AvgIpc) is 2.81. The second kappa shape index (κ2) is 6.33. The van der Waals surface area contributed by atoms with Gasteiger partial charge in [-0.25, -0.2) is 0 Å². The van der Waals surface area contributed by atoms with Gasteiger partial charge in [-0.2, -0.15) is 0 Å². The monoisotopic (exact) mass is 246 g/mol. The smallest absolute Gasteiger partial charge is 0.150 e. The number of aromatic nitrogens is 1. The molecule has 96 valence electrons. The number of hydrogen-bond donors (Lipinski definition) is 1.